The van der Waals surface area contributed by atoms with Gasteiger partial charge in [-0.3, -0.25) is 8.42 Å². The predicted molar refractivity (Wildman–Crippen MR) is 145 cm³/mol. The van der Waals surface area contributed by atoms with E-state index in [2.05, 4.69) is 52.2 Å². The summed E-state index contributed by atoms with van der Waals surface area (Å²) in [5.41, 5.74) is 2.45. The van der Waals surface area contributed by atoms with Crippen LogP contribution in [-0.4, -0.2) is 77.8 Å². The van der Waals surface area contributed by atoms with Crippen LogP contribution < -0.4 is 10.6 Å². The number of aromatic hydroxyl groups is 2. The fraction of sp³-hybridized carbons (Fsp3) is 0.538. The van der Waals surface area contributed by atoms with E-state index in [1.807, 2.05) is 0 Å². The Kier molecular flexibility index (Phi) is 17.3. The highest BCUT2D eigenvalue weighted by Gasteiger charge is 2.19. The van der Waals surface area contributed by atoms with Crippen LogP contribution in [0.1, 0.15) is 76.0 Å². The number of hydrogen-bond acceptors (Lipinski definition) is 10. The van der Waals surface area contributed by atoms with Crippen molar-refractivity contribution in [2.24, 2.45) is 0 Å². The Labute approximate surface area is 236 Å². The number of hydrogen-bond donors (Lipinski definition) is 8. The minimum Gasteiger partial charge on any atom is -0.759 e. The van der Waals surface area contributed by atoms with Crippen molar-refractivity contribution in [2.45, 2.75) is 78.0 Å². The van der Waals surface area contributed by atoms with E-state index < -0.39 is 22.6 Å². The zero-order valence-corrected chi connectivity index (χ0v) is 24.6. The van der Waals surface area contributed by atoms with Gasteiger partial charge in [-0.05, 0) is 76.9 Å². The minimum absolute atomic E-state index is 0. The molecule has 0 spiro atoms. The van der Waals surface area contributed by atoms with Gasteiger partial charge in [0.05, 0.1) is 24.3 Å². The van der Waals surface area contributed by atoms with Crippen molar-refractivity contribution in [3.63, 3.8) is 0 Å². The average molecular weight is 595 g/mol. The first-order valence-electron chi connectivity index (χ1n) is 12.2. The lowest BCUT2D eigenvalue weighted by molar-refractivity contribution is -0.723. The Balaban J connectivity index is 0. The number of phenols is 2. The monoisotopic (exact) mass is 594 g/mol. The molecule has 14 heteroatoms. The molecule has 2 aromatic carbocycles. The molecule has 0 aliphatic heterocycles. The molecule has 0 heterocycles. The van der Waals surface area contributed by atoms with Crippen LogP contribution in [0.5, 0.6) is 11.5 Å². The molecule has 0 aliphatic carbocycles. The molecule has 0 saturated heterocycles. The summed E-state index contributed by atoms with van der Waals surface area (Å²) in [6.07, 6.45) is -1.19. The van der Waals surface area contributed by atoms with Crippen molar-refractivity contribution in [2.75, 3.05) is 13.1 Å². The third-order valence-electron chi connectivity index (χ3n) is 5.22. The summed E-state index contributed by atoms with van der Waals surface area (Å²) in [4.78, 5) is 0. The van der Waals surface area contributed by atoms with Gasteiger partial charge in [0.25, 0.3) is 0 Å². The van der Waals surface area contributed by atoms with E-state index in [1.54, 1.807) is 24.3 Å². The largest absolute Gasteiger partial charge is 0.759 e. The van der Waals surface area contributed by atoms with Gasteiger partial charge in [-0.15, -0.1) is 0 Å². The number of rotatable bonds is 8. The second kappa shape index (κ2) is 17.4. The van der Waals surface area contributed by atoms with E-state index in [0.717, 1.165) is 0 Å². The van der Waals surface area contributed by atoms with Gasteiger partial charge in [-0.1, -0.05) is 12.1 Å². The van der Waals surface area contributed by atoms with Gasteiger partial charge in [0.15, 0.2) is 0 Å². The van der Waals surface area contributed by atoms with E-state index >= 15 is 0 Å². The van der Waals surface area contributed by atoms with Gasteiger partial charge in [-0.2, -0.15) is 0 Å². The highest BCUT2D eigenvalue weighted by Crippen LogP contribution is 2.23. The lowest BCUT2D eigenvalue weighted by Gasteiger charge is -2.20. The molecule has 0 aromatic heterocycles. The molecular formula is C26H46N2O11S. The molecule has 0 bridgehead atoms. The molecule has 0 radical (unpaired) electrons. The summed E-state index contributed by atoms with van der Waals surface area (Å²) in [6.45, 7) is 13.1. The standard InChI is InChI=1S/2C13H21NO3.H2O4S.H2O/c2*1-13(2,3)14-7-12(17)9-4-5-11(16)10(6-9)8-15;1-5(2,3)4;/h2*4-6,12,14-17H,7-8H2,1-3H3;(H2,1,2,3,4);1H2/t2*12-;;/m11../s1. The first-order chi connectivity index (χ1) is 17.7. The third-order valence-corrected chi connectivity index (χ3v) is 5.22. The maximum absolute atomic E-state index is 10.0. The van der Waals surface area contributed by atoms with Gasteiger partial charge >= 0.3 is 0 Å². The van der Waals surface area contributed by atoms with Gasteiger partial charge in [0.1, 0.15) is 36.8 Å². The minimum atomic E-state index is -5.17. The SMILES string of the molecule is CC(C)(C)[NH2+]C[C@@H](O)c1ccc(O)c(CO)c1.CC(C)(C)[NH2+]C[C@@H](O)c1ccc(O)c(CO)c1.O.O=S(=O)([O-])[O-]. The van der Waals surface area contributed by atoms with Gasteiger partial charge in [0.2, 0.25) is 0 Å². The Morgan fingerprint density at radius 2 is 1.00 bits per heavy atom. The predicted octanol–water partition coefficient (Wildman–Crippen LogP) is -1.60. The summed E-state index contributed by atoms with van der Waals surface area (Å²) < 4.78 is 34.1. The molecule has 2 aromatic rings. The molecule has 0 aliphatic rings. The Morgan fingerprint density at radius 1 is 0.725 bits per heavy atom. The van der Waals surface area contributed by atoms with Crippen molar-refractivity contribution >= 4 is 10.4 Å². The second-order valence-electron chi connectivity index (χ2n) is 11.1. The molecule has 40 heavy (non-hydrogen) atoms. The van der Waals surface area contributed by atoms with Crippen LogP contribution in [0.2, 0.25) is 0 Å². The van der Waals surface area contributed by atoms with E-state index in [0.29, 0.717) is 35.3 Å². The molecule has 0 unspecified atom stereocenters. The summed E-state index contributed by atoms with van der Waals surface area (Å²) in [7, 11) is -5.17. The van der Waals surface area contributed by atoms with E-state index in [9.17, 15) is 20.4 Å². The molecular weight excluding hydrogens is 548 g/mol. The lowest BCUT2D eigenvalue weighted by Crippen LogP contribution is -2.95. The van der Waals surface area contributed by atoms with Crippen LogP contribution in [0.4, 0.5) is 0 Å². The smallest absolute Gasteiger partial charge is 0.128 e. The van der Waals surface area contributed by atoms with Crippen molar-refractivity contribution in [1.29, 1.82) is 0 Å². The Hall–Kier alpha value is -2.37. The van der Waals surface area contributed by atoms with Crippen molar-refractivity contribution in [1.82, 2.24) is 0 Å². The summed E-state index contributed by atoms with van der Waals surface area (Å²) in [5, 5.41) is 61.0. The summed E-state index contributed by atoms with van der Waals surface area (Å²) >= 11 is 0. The fourth-order valence-corrected chi connectivity index (χ4v) is 3.08. The Bertz CT molecular complexity index is 1030. The number of nitrogens with two attached hydrogens (primary N) is 2. The molecule has 13 nitrogen and oxygen atoms in total. The van der Waals surface area contributed by atoms with Gasteiger partial charge in [0, 0.05) is 21.5 Å². The van der Waals surface area contributed by atoms with Crippen LogP contribution in [0, 0.1) is 0 Å². The van der Waals surface area contributed by atoms with E-state index in [4.69, 9.17) is 27.7 Å². The Morgan fingerprint density at radius 3 is 1.23 bits per heavy atom. The van der Waals surface area contributed by atoms with E-state index in [1.165, 1.54) is 12.1 Å². The average Bonchev–Trinajstić information content (AvgIpc) is 2.80. The second-order valence-corrected chi connectivity index (χ2v) is 12.0. The van der Waals surface area contributed by atoms with Gasteiger partial charge in [-0.25, -0.2) is 0 Å². The topological polar surface area (TPSA) is 266 Å². The lowest BCUT2D eigenvalue weighted by atomic mass is 10.0. The maximum Gasteiger partial charge on any atom is 0.128 e. The quantitative estimate of drug-likeness (QED) is 0.128. The zero-order chi connectivity index (χ0) is 30.6. The van der Waals surface area contributed by atoms with Gasteiger partial charge < -0.3 is 55.9 Å². The highest BCUT2D eigenvalue weighted by atomic mass is 32.3. The number of aliphatic hydroxyl groups is 4. The first-order valence-corrected chi connectivity index (χ1v) is 13.6. The van der Waals surface area contributed by atoms with Crippen LogP contribution >= 0.6 is 0 Å². The maximum atomic E-state index is 10.0. The van der Waals surface area contributed by atoms with Crippen LogP contribution in [-0.2, 0) is 23.6 Å². The van der Waals surface area contributed by atoms with Crippen LogP contribution in [0.15, 0.2) is 36.4 Å². The number of benzene rings is 2. The van der Waals surface area contributed by atoms with Crippen LogP contribution in [0.3, 0.4) is 0 Å². The molecule has 0 amide bonds. The molecule has 232 valence electrons. The molecule has 0 saturated carbocycles. The molecule has 2 atom stereocenters. The summed E-state index contributed by atoms with van der Waals surface area (Å²) in [5.74, 6) is 0.117. The highest BCUT2D eigenvalue weighted by molar-refractivity contribution is 7.79. The molecule has 2 rings (SSSR count). The van der Waals surface area contributed by atoms with Crippen molar-refractivity contribution in [3.05, 3.63) is 58.7 Å². The first kappa shape index (κ1) is 39.8. The molecule has 12 N–H and O–H groups in total. The normalized spacial score (nSPS) is 13.1. The van der Waals surface area contributed by atoms with E-state index in [-0.39, 0.29) is 41.3 Å². The molecule has 0 fully saturated rings. The fourth-order valence-electron chi connectivity index (χ4n) is 3.08. The van der Waals surface area contributed by atoms with Crippen molar-refractivity contribution < 1.29 is 64.3 Å². The summed E-state index contributed by atoms with van der Waals surface area (Å²) in [6, 6.07) is 9.63. The third kappa shape index (κ3) is 18.8. The van der Waals surface area contributed by atoms with Crippen molar-refractivity contribution in [3.8, 4) is 11.5 Å². The number of aliphatic hydroxyl groups excluding tert-OH is 4. The zero-order valence-electron chi connectivity index (χ0n) is 23.8. The van der Waals surface area contributed by atoms with Crippen LogP contribution in [0.25, 0.3) is 0 Å². The number of quaternary nitrogens is 2.